The highest BCUT2D eigenvalue weighted by Crippen LogP contribution is 2.23. The van der Waals surface area contributed by atoms with Crippen LogP contribution in [-0.2, 0) is 6.54 Å². The predicted octanol–water partition coefficient (Wildman–Crippen LogP) is 3.77. The molecule has 3 aromatic heterocycles. The normalized spacial score (nSPS) is 10.7. The maximum Gasteiger partial charge on any atom is 0.270 e. The Morgan fingerprint density at radius 1 is 1.07 bits per heavy atom. The molecule has 4 rings (SSSR count). The lowest BCUT2D eigenvalue weighted by Crippen LogP contribution is -2.25. The molecule has 0 spiro atoms. The van der Waals surface area contributed by atoms with Crippen LogP contribution >= 0.6 is 0 Å². The number of para-hydroxylation sites is 1. The Kier molecular flexibility index (Phi) is 4.53. The molecular formula is C21H18N4O2. The van der Waals surface area contributed by atoms with E-state index in [1.165, 1.54) is 0 Å². The number of hydrogen-bond acceptors (Lipinski definition) is 4. The maximum atomic E-state index is 12.8. The number of pyridine rings is 1. The summed E-state index contributed by atoms with van der Waals surface area (Å²) in [6, 6.07) is 18.8. The molecule has 0 aliphatic rings. The average Bonchev–Trinajstić information content (AvgIpc) is 3.34. The fourth-order valence-electron chi connectivity index (χ4n) is 2.77. The Morgan fingerprint density at radius 3 is 2.56 bits per heavy atom. The number of carbonyl (C=O) groups excluding carboxylic acids is 1. The van der Waals surface area contributed by atoms with E-state index in [0.717, 1.165) is 17.0 Å². The first-order valence-electron chi connectivity index (χ1n) is 8.60. The van der Waals surface area contributed by atoms with Crippen molar-refractivity contribution in [3.63, 3.8) is 0 Å². The van der Waals surface area contributed by atoms with Crippen LogP contribution < -0.4 is 5.32 Å². The molecule has 0 radical (unpaired) electrons. The fraction of sp³-hybridized carbons (Fsp3) is 0.0952. The van der Waals surface area contributed by atoms with Crippen molar-refractivity contribution in [1.29, 1.82) is 0 Å². The van der Waals surface area contributed by atoms with Gasteiger partial charge in [-0.05, 0) is 48.9 Å². The third-order valence-electron chi connectivity index (χ3n) is 4.14. The molecule has 6 nitrogen and oxygen atoms in total. The van der Waals surface area contributed by atoms with Crippen molar-refractivity contribution < 1.29 is 9.21 Å². The first-order chi connectivity index (χ1) is 13.2. The number of aromatic nitrogens is 3. The van der Waals surface area contributed by atoms with Crippen molar-refractivity contribution >= 4 is 5.91 Å². The second-order valence-corrected chi connectivity index (χ2v) is 6.11. The van der Waals surface area contributed by atoms with Gasteiger partial charge in [-0.2, -0.15) is 5.10 Å². The van der Waals surface area contributed by atoms with Crippen LogP contribution in [0.5, 0.6) is 0 Å². The van der Waals surface area contributed by atoms with Gasteiger partial charge in [0.2, 0.25) is 0 Å². The molecule has 0 bridgehead atoms. The minimum atomic E-state index is -0.210. The largest absolute Gasteiger partial charge is 0.460 e. The molecule has 0 unspecified atom stereocenters. The van der Waals surface area contributed by atoms with Gasteiger partial charge >= 0.3 is 0 Å². The Labute approximate surface area is 156 Å². The van der Waals surface area contributed by atoms with E-state index in [1.54, 1.807) is 23.1 Å². The Balaban J connectivity index is 1.67. The Bertz CT molecular complexity index is 1050. The molecule has 0 saturated heterocycles. The summed E-state index contributed by atoms with van der Waals surface area (Å²) in [6.07, 6.45) is 3.40. The van der Waals surface area contributed by atoms with E-state index < -0.39 is 0 Å². The molecule has 4 aromatic rings. The molecule has 0 atom stereocenters. The molecule has 0 fully saturated rings. The number of furan rings is 1. The number of amides is 1. The number of benzene rings is 1. The van der Waals surface area contributed by atoms with Gasteiger partial charge in [0.05, 0.1) is 5.69 Å². The molecule has 6 heteroatoms. The van der Waals surface area contributed by atoms with E-state index >= 15 is 0 Å². The first-order valence-corrected chi connectivity index (χ1v) is 8.60. The summed E-state index contributed by atoms with van der Waals surface area (Å²) in [4.78, 5) is 16.8. The highest BCUT2D eigenvalue weighted by Gasteiger charge is 2.19. The van der Waals surface area contributed by atoms with Crippen LogP contribution in [0.4, 0.5) is 0 Å². The quantitative estimate of drug-likeness (QED) is 0.589. The minimum Gasteiger partial charge on any atom is -0.460 e. The summed E-state index contributed by atoms with van der Waals surface area (Å²) in [5, 5.41) is 7.53. The van der Waals surface area contributed by atoms with Gasteiger partial charge in [-0.3, -0.25) is 9.78 Å². The summed E-state index contributed by atoms with van der Waals surface area (Å²) < 4.78 is 7.30. The minimum absolute atomic E-state index is 0.210. The summed E-state index contributed by atoms with van der Waals surface area (Å²) >= 11 is 0. The van der Waals surface area contributed by atoms with Crippen LogP contribution in [0.15, 0.2) is 77.5 Å². The lowest BCUT2D eigenvalue weighted by molar-refractivity contribution is 0.0943. The zero-order chi connectivity index (χ0) is 18.6. The van der Waals surface area contributed by atoms with Crippen LogP contribution in [0.25, 0.3) is 17.1 Å². The van der Waals surface area contributed by atoms with E-state index in [2.05, 4.69) is 15.4 Å². The predicted molar refractivity (Wildman–Crippen MR) is 101 cm³/mol. The van der Waals surface area contributed by atoms with Gasteiger partial charge in [-0.15, -0.1) is 0 Å². The summed E-state index contributed by atoms with van der Waals surface area (Å²) in [5.74, 6) is 1.21. The molecule has 0 saturated carbocycles. The van der Waals surface area contributed by atoms with Crippen molar-refractivity contribution in [2.75, 3.05) is 0 Å². The van der Waals surface area contributed by atoms with E-state index in [1.807, 2.05) is 61.5 Å². The molecule has 27 heavy (non-hydrogen) atoms. The molecule has 1 amide bonds. The molecule has 3 heterocycles. The van der Waals surface area contributed by atoms with Crippen LogP contribution in [-0.4, -0.2) is 20.7 Å². The number of carbonyl (C=O) groups is 1. The Hall–Kier alpha value is -3.67. The summed E-state index contributed by atoms with van der Waals surface area (Å²) in [5.41, 5.74) is 2.84. The van der Waals surface area contributed by atoms with E-state index in [9.17, 15) is 4.79 Å². The van der Waals surface area contributed by atoms with Gasteiger partial charge in [0.25, 0.3) is 5.91 Å². The number of aryl methyl sites for hydroxylation is 1. The number of hydrogen-bond donors (Lipinski definition) is 1. The molecule has 1 N–H and O–H groups in total. The van der Waals surface area contributed by atoms with Crippen molar-refractivity contribution in [3.8, 4) is 17.1 Å². The number of nitrogens with one attached hydrogen (secondary N) is 1. The highest BCUT2D eigenvalue weighted by atomic mass is 16.3. The number of nitrogens with zero attached hydrogens (tertiary/aromatic N) is 3. The second-order valence-electron chi connectivity index (χ2n) is 6.11. The first kappa shape index (κ1) is 16.8. The van der Waals surface area contributed by atoms with Crippen LogP contribution in [0.1, 0.15) is 21.8 Å². The molecular weight excluding hydrogens is 340 g/mol. The van der Waals surface area contributed by atoms with Crippen LogP contribution in [0.2, 0.25) is 0 Å². The van der Waals surface area contributed by atoms with Crippen molar-refractivity contribution in [2.45, 2.75) is 13.5 Å². The molecule has 0 aliphatic carbocycles. The third kappa shape index (κ3) is 3.64. The maximum absolute atomic E-state index is 12.8. The summed E-state index contributed by atoms with van der Waals surface area (Å²) in [7, 11) is 0. The highest BCUT2D eigenvalue weighted by molar-refractivity contribution is 5.94. The van der Waals surface area contributed by atoms with E-state index in [0.29, 0.717) is 23.7 Å². The number of rotatable bonds is 5. The van der Waals surface area contributed by atoms with E-state index in [-0.39, 0.29) is 5.91 Å². The van der Waals surface area contributed by atoms with Gasteiger partial charge in [0.1, 0.15) is 17.1 Å². The van der Waals surface area contributed by atoms with Crippen molar-refractivity contribution in [2.24, 2.45) is 0 Å². The van der Waals surface area contributed by atoms with Gasteiger partial charge in [0, 0.05) is 25.0 Å². The van der Waals surface area contributed by atoms with Crippen molar-refractivity contribution in [3.05, 3.63) is 90.1 Å². The van der Waals surface area contributed by atoms with E-state index in [4.69, 9.17) is 4.42 Å². The molecule has 0 aliphatic heterocycles. The summed E-state index contributed by atoms with van der Waals surface area (Å²) in [6.45, 7) is 2.29. The van der Waals surface area contributed by atoms with Crippen LogP contribution in [0, 0.1) is 6.92 Å². The Morgan fingerprint density at radius 2 is 1.85 bits per heavy atom. The third-order valence-corrected chi connectivity index (χ3v) is 4.14. The monoisotopic (exact) mass is 358 g/mol. The lowest BCUT2D eigenvalue weighted by atomic mass is 10.2. The van der Waals surface area contributed by atoms with Gasteiger partial charge in [-0.25, -0.2) is 4.68 Å². The van der Waals surface area contributed by atoms with Gasteiger partial charge in [-0.1, -0.05) is 18.2 Å². The van der Waals surface area contributed by atoms with Gasteiger partial charge < -0.3 is 9.73 Å². The molecule has 1 aromatic carbocycles. The average molecular weight is 358 g/mol. The standard InChI is InChI=1S/C21H18N4O2/c1-15-7-8-20(27-15)18-13-19(25(24-18)17-5-3-2-4-6-17)21(26)23-14-16-9-11-22-12-10-16/h2-13H,14H2,1H3,(H,23,26). The fourth-order valence-corrected chi connectivity index (χ4v) is 2.77. The lowest BCUT2D eigenvalue weighted by Gasteiger charge is -2.08. The smallest absolute Gasteiger partial charge is 0.270 e. The SMILES string of the molecule is Cc1ccc(-c2cc(C(=O)NCc3ccncc3)n(-c3ccccc3)n2)o1. The van der Waals surface area contributed by atoms with Crippen molar-refractivity contribution in [1.82, 2.24) is 20.1 Å². The zero-order valence-corrected chi connectivity index (χ0v) is 14.8. The zero-order valence-electron chi connectivity index (χ0n) is 14.8. The van der Waals surface area contributed by atoms with Gasteiger partial charge in [0.15, 0.2) is 5.76 Å². The topological polar surface area (TPSA) is 73.0 Å². The van der Waals surface area contributed by atoms with Crippen LogP contribution in [0.3, 0.4) is 0 Å². The molecule has 134 valence electrons. The second kappa shape index (κ2) is 7.29.